The number of aromatic nitrogens is 2. The number of hydrogen-bond donors (Lipinski definition) is 2. The van der Waals surface area contributed by atoms with Gasteiger partial charge in [0.25, 0.3) is 5.88 Å². The van der Waals surface area contributed by atoms with Crippen LogP contribution in [0, 0.1) is 5.82 Å². The molecule has 0 aliphatic carbocycles. The molecular weight excluding hydrogens is 299 g/mol. The Balaban J connectivity index is 1.82. The number of nitrogens with two attached hydrogens (primary N) is 1. The Labute approximate surface area is 132 Å². The first-order valence-corrected chi connectivity index (χ1v) is 7.02. The van der Waals surface area contributed by atoms with Crippen LogP contribution >= 0.6 is 0 Å². The predicted octanol–water partition coefficient (Wildman–Crippen LogP) is 3.60. The van der Waals surface area contributed by atoms with E-state index >= 15 is 0 Å². The molecule has 3 rings (SSSR count). The van der Waals surface area contributed by atoms with Gasteiger partial charge in [0.05, 0.1) is 18.5 Å². The van der Waals surface area contributed by atoms with Gasteiger partial charge in [0.2, 0.25) is 5.82 Å². The molecule has 0 unspecified atom stereocenters. The molecule has 6 nitrogen and oxygen atoms in total. The van der Waals surface area contributed by atoms with Crippen LogP contribution in [0.4, 0.5) is 21.6 Å². The molecule has 118 valence electrons. The lowest BCUT2D eigenvalue weighted by Crippen LogP contribution is -2.04. The Kier molecular flexibility index (Phi) is 4.09. The van der Waals surface area contributed by atoms with Gasteiger partial charge in [0.1, 0.15) is 5.82 Å². The number of nitrogens with one attached hydrogen (secondary N) is 1. The van der Waals surface area contributed by atoms with Crippen LogP contribution in [0.15, 0.2) is 47.3 Å². The molecule has 0 saturated heterocycles. The summed E-state index contributed by atoms with van der Waals surface area (Å²) in [6.07, 6.45) is 3.01. The molecule has 3 N–H and O–H groups in total. The maximum Gasteiger partial charge on any atom is 0.254 e. The SMILES string of the molecule is CCOc1nc(Nc2ccc(-c3cnco3)cc2)cc(N)c1F. The Morgan fingerprint density at radius 1 is 1.30 bits per heavy atom. The minimum absolute atomic E-state index is 0.0239. The second kappa shape index (κ2) is 6.35. The second-order valence-corrected chi connectivity index (χ2v) is 4.72. The first kappa shape index (κ1) is 14.8. The molecule has 23 heavy (non-hydrogen) atoms. The molecule has 0 spiro atoms. The van der Waals surface area contributed by atoms with E-state index in [1.54, 1.807) is 13.1 Å². The van der Waals surface area contributed by atoms with Gasteiger partial charge in [0.15, 0.2) is 12.2 Å². The maximum absolute atomic E-state index is 13.8. The highest BCUT2D eigenvalue weighted by Crippen LogP contribution is 2.27. The number of oxazole rings is 1. The molecule has 2 heterocycles. The number of nitrogen functional groups attached to an aromatic ring is 1. The molecule has 0 fully saturated rings. The number of nitrogens with zero attached hydrogens (tertiary/aromatic N) is 2. The summed E-state index contributed by atoms with van der Waals surface area (Å²) in [4.78, 5) is 7.95. The van der Waals surface area contributed by atoms with Crippen molar-refractivity contribution in [2.45, 2.75) is 6.92 Å². The summed E-state index contributed by atoms with van der Waals surface area (Å²) < 4.78 is 24.1. The molecule has 0 radical (unpaired) electrons. The van der Waals surface area contributed by atoms with Gasteiger partial charge in [-0.3, -0.25) is 0 Å². The summed E-state index contributed by atoms with van der Waals surface area (Å²) >= 11 is 0. The Morgan fingerprint density at radius 2 is 2.09 bits per heavy atom. The highest BCUT2D eigenvalue weighted by Gasteiger charge is 2.12. The first-order chi connectivity index (χ1) is 11.2. The maximum atomic E-state index is 13.8. The van der Waals surface area contributed by atoms with Crippen LogP contribution in [-0.4, -0.2) is 16.6 Å². The molecular formula is C16H15FN4O2. The van der Waals surface area contributed by atoms with Gasteiger partial charge >= 0.3 is 0 Å². The highest BCUT2D eigenvalue weighted by molar-refractivity contribution is 5.65. The van der Waals surface area contributed by atoms with Crippen LogP contribution in [0.5, 0.6) is 5.88 Å². The monoisotopic (exact) mass is 314 g/mol. The Hall–Kier alpha value is -3.09. The van der Waals surface area contributed by atoms with E-state index in [1.165, 1.54) is 12.5 Å². The Bertz CT molecular complexity index is 789. The smallest absolute Gasteiger partial charge is 0.254 e. The fraction of sp³-hybridized carbons (Fsp3) is 0.125. The van der Waals surface area contributed by atoms with Crippen molar-refractivity contribution >= 4 is 17.2 Å². The van der Waals surface area contributed by atoms with E-state index in [2.05, 4.69) is 15.3 Å². The van der Waals surface area contributed by atoms with Crippen LogP contribution < -0.4 is 15.8 Å². The highest BCUT2D eigenvalue weighted by atomic mass is 19.1. The van der Waals surface area contributed by atoms with E-state index in [9.17, 15) is 4.39 Å². The van der Waals surface area contributed by atoms with E-state index in [-0.39, 0.29) is 11.6 Å². The summed E-state index contributed by atoms with van der Waals surface area (Å²) in [7, 11) is 0. The van der Waals surface area contributed by atoms with Gasteiger partial charge in [-0.05, 0) is 31.2 Å². The lowest BCUT2D eigenvalue weighted by atomic mass is 10.1. The molecule has 0 aliphatic rings. The Morgan fingerprint density at radius 3 is 2.74 bits per heavy atom. The predicted molar refractivity (Wildman–Crippen MR) is 85.0 cm³/mol. The number of ether oxygens (including phenoxy) is 1. The van der Waals surface area contributed by atoms with Crippen LogP contribution in [-0.2, 0) is 0 Å². The van der Waals surface area contributed by atoms with Crippen LogP contribution in [0.3, 0.4) is 0 Å². The normalized spacial score (nSPS) is 10.5. The fourth-order valence-corrected chi connectivity index (χ4v) is 2.05. The van der Waals surface area contributed by atoms with Crippen LogP contribution in [0.1, 0.15) is 6.92 Å². The number of benzene rings is 1. The molecule has 0 aliphatic heterocycles. The molecule has 0 amide bonds. The fourth-order valence-electron chi connectivity index (χ4n) is 2.05. The zero-order chi connectivity index (χ0) is 16.2. The number of halogens is 1. The topological polar surface area (TPSA) is 86.2 Å². The van der Waals surface area contributed by atoms with Gasteiger partial charge in [-0.25, -0.2) is 4.98 Å². The summed E-state index contributed by atoms with van der Waals surface area (Å²) in [6, 6.07) is 8.86. The number of pyridine rings is 1. The largest absolute Gasteiger partial charge is 0.476 e. The van der Waals surface area contributed by atoms with E-state index < -0.39 is 5.82 Å². The van der Waals surface area contributed by atoms with Crippen molar-refractivity contribution in [2.75, 3.05) is 17.7 Å². The molecule has 0 saturated carbocycles. The molecule has 2 aromatic heterocycles. The lowest BCUT2D eigenvalue weighted by Gasteiger charge is -2.10. The summed E-state index contributed by atoms with van der Waals surface area (Å²) in [5.74, 6) is 0.311. The second-order valence-electron chi connectivity index (χ2n) is 4.72. The van der Waals surface area contributed by atoms with E-state index in [1.807, 2.05) is 24.3 Å². The van der Waals surface area contributed by atoms with E-state index in [4.69, 9.17) is 14.9 Å². The van der Waals surface area contributed by atoms with Crippen molar-refractivity contribution in [1.29, 1.82) is 0 Å². The van der Waals surface area contributed by atoms with Crippen molar-refractivity contribution in [3.63, 3.8) is 0 Å². The van der Waals surface area contributed by atoms with Crippen LogP contribution in [0.25, 0.3) is 11.3 Å². The molecule has 7 heteroatoms. The van der Waals surface area contributed by atoms with Crippen molar-refractivity contribution in [1.82, 2.24) is 9.97 Å². The van der Waals surface area contributed by atoms with Crippen molar-refractivity contribution in [3.05, 3.63) is 48.7 Å². The van der Waals surface area contributed by atoms with Gasteiger partial charge < -0.3 is 20.2 Å². The summed E-state index contributed by atoms with van der Waals surface area (Å²) in [5.41, 5.74) is 7.29. The van der Waals surface area contributed by atoms with Gasteiger partial charge in [-0.1, -0.05) is 0 Å². The zero-order valence-corrected chi connectivity index (χ0v) is 12.4. The summed E-state index contributed by atoms with van der Waals surface area (Å²) in [5, 5.41) is 3.06. The third-order valence-corrected chi connectivity index (χ3v) is 3.11. The third kappa shape index (κ3) is 3.23. The number of hydrogen-bond acceptors (Lipinski definition) is 6. The average molecular weight is 314 g/mol. The van der Waals surface area contributed by atoms with E-state index in [0.717, 1.165) is 11.3 Å². The molecule has 0 atom stereocenters. The van der Waals surface area contributed by atoms with Crippen molar-refractivity contribution in [3.8, 4) is 17.2 Å². The standard InChI is InChI=1S/C16H15FN4O2/c1-2-22-16-15(17)12(18)7-14(21-16)20-11-5-3-10(4-6-11)13-8-19-9-23-13/h3-9H,2H2,1H3,(H3,18,20,21). The van der Waals surface area contributed by atoms with Gasteiger partial charge in [0, 0.05) is 17.3 Å². The zero-order valence-electron chi connectivity index (χ0n) is 12.4. The number of rotatable bonds is 5. The minimum atomic E-state index is -0.655. The van der Waals surface area contributed by atoms with Crippen molar-refractivity contribution < 1.29 is 13.5 Å². The molecule has 0 bridgehead atoms. The van der Waals surface area contributed by atoms with Crippen LogP contribution in [0.2, 0.25) is 0 Å². The molecule has 3 aromatic rings. The summed E-state index contributed by atoms with van der Waals surface area (Å²) in [6.45, 7) is 2.05. The molecule has 1 aromatic carbocycles. The quantitative estimate of drug-likeness (QED) is 0.748. The van der Waals surface area contributed by atoms with Crippen molar-refractivity contribution in [2.24, 2.45) is 0 Å². The lowest BCUT2D eigenvalue weighted by molar-refractivity contribution is 0.309. The van der Waals surface area contributed by atoms with Gasteiger partial charge in [-0.15, -0.1) is 0 Å². The third-order valence-electron chi connectivity index (χ3n) is 3.11. The number of anilines is 3. The van der Waals surface area contributed by atoms with Gasteiger partial charge in [-0.2, -0.15) is 9.37 Å². The van der Waals surface area contributed by atoms with E-state index in [0.29, 0.717) is 18.2 Å². The minimum Gasteiger partial charge on any atom is -0.476 e. The average Bonchev–Trinajstić information content (AvgIpc) is 3.07. The first-order valence-electron chi connectivity index (χ1n) is 7.02.